The summed E-state index contributed by atoms with van der Waals surface area (Å²) >= 11 is 1.06. The van der Waals surface area contributed by atoms with E-state index in [-0.39, 0.29) is 15.4 Å². The molecular formula is C23H15F3N2O4S3. The third kappa shape index (κ3) is 4.07. The molecule has 12 heteroatoms. The number of rotatable bonds is 5. The van der Waals surface area contributed by atoms with Crippen molar-refractivity contribution < 1.29 is 30.0 Å². The zero-order valence-corrected chi connectivity index (χ0v) is 20.0. The lowest BCUT2D eigenvalue weighted by atomic mass is 10.2. The minimum atomic E-state index is -4.90. The summed E-state index contributed by atoms with van der Waals surface area (Å²) in [6.07, 6.45) is -3.62. The van der Waals surface area contributed by atoms with Crippen LogP contribution in [0.4, 0.5) is 18.9 Å². The van der Waals surface area contributed by atoms with Crippen LogP contribution >= 0.6 is 11.3 Å². The van der Waals surface area contributed by atoms with E-state index in [4.69, 9.17) is 0 Å². The molecule has 35 heavy (non-hydrogen) atoms. The van der Waals surface area contributed by atoms with Crippen molar-refractivity contribution in [2.24, 2.45) is 0 Å². The van der Waals surface area contributed by atoms with Gasteiger partial charge in [-0.05, 0) is 41.8 Å². The molecule has 2 aromatic heterocycles. The first kappa shape index (κ1) is 23.4. The summed E-state index contributed by atoms with van der Waals surface area (Å²) in [5, 5.41) is 1.12. The van der Waals surface area contributed by atoms with Crippen LogP contribution in [0.2, 0.25) is 0 Å². The van der Waals surface area contributed by atoms with Crippen molar-refractivity contribution >= 4 is 58.1 Å². The first-order valence-corrected chi connectivity index (χ1v) is 13.8. The second-order valence-corrected chi connectivity index (χ2v) is 12.3. The molecule has 0 aliphatic carbocycles. The van der Waals surface area contributed by atoms with E-state index in [0.29, 0.717) is 11.5 Å². The van der Waals surface area contributed by atoms with Crippen molar-refractivity contribution in [3.63, 3.8) is 0 Å². The highest BCUT2D eigenvalue weighted by molar-refractivity contribution is 7.93. The van der Waals surface area contributed by atoms with Crippen molar-refractivity contribution in [1.82, 2.24) is 3.97 Å². The fourth-order valence-corrected chi connectivity index (χ4v) is 7.92. The lowest BCUT2D eigenvalue weighted by Gasteiger charge is -2.16. The smallest absolute Gasteiger partial charge is 0.277 e. The maximum absolute atomic E-state index is 13.5. The molecular weight excluding hydrogens is 521 g/mol. The quantitative estimate of drug-likeness (QED) is 0.303. The summed E-state index contributed by atoms with van der Waals surface area (Å²) in [6.45, 7) is 0. The fraction of sp³-hybridized carbons (Fsp3) is 0.0435. The van der Waals surface area contributed by atoms with E-state index < -0.39 is 36.7 Å². The molecule has 0 saturated carbocycles. The van der Waals surface area contributed by atoms with E-state index in [0.717, 1.165) is 37.5 Å². The van der Waals surface area contributed by atoms with Crippen LogP contribution in [-0.4, -0.2) is 20.8 Å². The molecule has 3 aromatic carbocycles. The average molecular weight is 537 g/mol. The number of anilines is 1. The van der Waals surface area contributed by atoms with Gasteiger partial charge in [-0.2, -0.15) is 21.6 Å². The first-order valence-electron chi connectivity index (χ1n) is 10.0. The van der Waals surface area contributed by atoms with Crippen LogP contribution in [0.15, 0.2) is 94.2 Å². The van der Waals surface area contributed by atoms with Gasteiger partial charge in [-0.3, -0.25) is 4.72 Å². The van der Waals surface area contributed by atoms with Crippen LogP contribution in [0, 0.1) is 0 Å². The number of thiophene rings is 1. The molecule has 0 unspecified atom stereocenters. The lowest BCUT2D eigenvalue weighted by Crippen LogP contribution is -2.19. The van der Waals surface area contributed by atoms with Crippen molar-refractivity contribution in [2.75, 3.05) is 4.72 Å². The maximum atomic E-state index is 13.5. The van der Waals surface area contributed by atoms with Crippen LogP contribution in [-0.2, 0) is 26.2 Å². The van der Waals surface area contributed by atoms with Crippen LogP contribution in [0.25, 0.3) is 21.0 Å². The molecule has 5 aromatic rings. The molecule has 0 atom stereocenters. The van der Waals surface area contributed by atoms with Gasteiger partial charge in [0.2, 0.25) is 0 Å². The second-order valence-electron chi connectivity index (χ2n) is 7.56. The van der Waals surface area contributed by atoms with E-state index >= 15 is 0 Å². The Hall–Kier alpha value is -3.35. The monoisotopic (exact) mass is 536 g/mol. The number of sulfonamides is 1. The molecule has 6 nitrogen and oxygen atoms in total. The molecule has 5 rings (SSSR count). The third-order valence-electron chi connectivity index (χ3n) is 5.32. The fourth-order valence-electron chi connectivity index (χ4n) is 3.76. The Kier molecular flexibility index (Phi) is 5.42. The van der Waals surface area contributed by atoms with Gasteiger partial charge in [-0.25, -0.2) is 12.4 Å². The Morgan fingerprint density at radius 3 is 2.23 bits per heavy atom. The summed E-state index contributed by atoms with van der Waals surface area (Å²) in [4.78, 5) is -0.963. The van der Waals surface area contributed by atoms with Gasteiger partial charge in [-0.1, -0.05) is 42.5 Å². The molecule has 0 radical (unpaired) electrons. The van der Waals surface area contributed by atoms with Gasteiger partial charge in [0, 0.05) is 16.3 Å². The van der Waals surface area contributed by atoms with Crippen molar-refractivity contribution in [3.8, 4) is 0 Å². The first-order chi connectivity index (χ1) is 16.5. The molecule has 0 saturated heterocycles. The summed E-state index contributed by atoms with van der Waals surface area (Å²) < 4.78 is 97.2. The summed E-state index contributed by atoms with van der Waals surface area (Å²) in [7, 11) is -8.86. The van der Waals surface area contributed by atoms with Crippen molar-refractivity contribution in [3.05, 3.63) is 90.6 Å². The van der Waals surface area contributed by atoms with Gasteiger partial charge in [0.25, 0.3) is 20.0 Å². The number of alkyl halides is 3. The molecule has 0 spiro atoms. The highest BCUT2D eigenvalue weighted by Crippen LogP contribution is 2.37. The Morgan fingerprint density at radius 2 is 1.49 bits per heavy atom. The number of para-hydroxylation sites is 1. The van der Waals surface area contributed by atoms with Crippen LogP contribution in [0.1, 0.15) is 5.56 Å². The van der Waals surface area contributed by atoms with E-state index in [1.807, 2.05) is 0 Å². The highest BCUT2D eigenvalue weighted by Gasteiger charge is 2.37. The van der Waals surface area contributed by atoms with Gasteiger partial charge in [0.15, 0.2) is 0 Å². The Labute approximate surface area is 202 Å². The Morgan fingerprint density at radius 1 is 0.800 bits per heavy atom. The van der Waals surface area contributed by atoms with Gasteiger partial charge >= 0.3 is 6.18 Å². The minimum Gasteiger partial charge on any atom is -0.277 e. The Balaban J connectivity index is 1.65. The van der Waals surface area contributed by atoms with Crippen LogP contribution < -0.4 is 4.72 Å². The zero-order valence-electron chi connectivity index (χ0n) is 17.5. The lowest BCUT2D eigenvalue weighted by molar-refractivity contribution is -0.139. The number of hydrogen-bond donors (Lipinski definition) is 1. The van der Waals surface area contributed by atoms with Gasteiger partial charge in [0.05, 0.1) is 21.7 Å². The SMILES string of the molecule is O=S(=O)(Nc1cccc2ccn(S(=O)(=O)c3cc4ccccc4s3)c12)c1ccccc1C(F)(F)F. The summed E-state index contributed by atoms with van der Waals surface area (Å²) in [5.41, 5.74) is -1.50. The number of aromatic nitrogens is 1. The maximum Gasteiger partial charge on any atom is 0.417 e. The van der Waals surface area contributed by atoms with Crippen LogP contribution in [0.5, 0.6) is 0 Å². The number of nitrogens with zero attached hydrogens (tertiary/aromatic N) is 1. The van der Waals surface area contributed by atoms with E-state index in [1.54, 1.807) is 30.3 Å². The van der Waals surface area contributed by atoms with E-state index in [9.17, 15) is 30.0 Å². The van der Waals surface area contributed by atoms with Gasteiger partial charge in [-0.15, -0.1) is 11.3 Å². The number of hydrogen-bond acceptors (Lipinski definition) is 5. The zero-order chi connectivity index (χ0) is 25.0. The molecule has 0 fully saturated rings. The highest BCUT2D eigenvalue weighted by atomic mass is 32.2. The number of nitrogens with one attached hydrogen (secondary N) is 1. The number of benzene rings is 3. The summed E-state index contributed by atoms with van der Waals surface area (Å²) in [5.74, 6) is 0. The predicted molar refractivity (Wildman–Crippen MR) is 129 cm³/mol. The third-order valence-corrected chi connectivity index (χ3v) is 9.98. The molecule has 0 aliphatic rings. The minimum absolute atomic E-state index is 0.00183. The molecule has 0 amide bonds. The topological polar surface area (TPSA) is 85.2 Å². The normalized spacial score (nSPS) is 12.9. The van der Waals surface area contributed by atoms with Crippen molar-refractivity contribution in [2.45, 2.75) is 15.3 Å². The van der Waals surface area contributed by atoms with Gasteiger partial charge < -0.3 is 0 Å². The largest absolute Gasteiger partial charge is 0.417 e. The van der Waals surface area contributed by atoms with E-state index in [1.165, 1.54) is 36.5 Å². The molecule has 0 bridgehead atoms. The average Bonchev–Trinajstić information content (AvgIpc) is 3.44. The van der Waals surface area contributed by atoms with Crippen LogP contribution in [0.3, 0.4) is 0 Å². The number of fused-ring (bicyclic) bond motifs is 2. The summed E-state index contributed by atoms with van der Waals surface area (Å²) in [6, 6.07) is 18.3. The van der Waals surface area contributed by atoms with Gasteiger partial charge in [0.1, 0.15) is 4.21 Å². The predicted octanol–water partition coefficient (Wildman–Crippen LogP) is 5.91. The van der Waals surface area contributed by atoms with Crippen molar-refractivity contribution in [1.29, 1.82) is 0 Å². The molecule has 0 aliphatic heterocycles. The molecule has 2 heterocycles. The standard InChI is InChI=1S/C23H15F3N2O4S3/c24-23(25,26)17-8-2-4-11-20(17)34(29,30)27-18-9-5-7-15-12-13-28(22(15)18)35(31,32)21-14-16-6-1-3-10-19(16)33-21/h1-14,27H. The molecule has 1 N–H and O–H groups in total. The number of halogens is 3. The molecule has 180 valence electrons. The second kappa shape index (κ2) is 8.11. The van der Waals surface area contributed by atoms with E-state index in [2.05, 4.69) is 4.72 Å². The Bertz CT molecular complexity index is 1770.